The maximum atomic E-state index is 12.5. The molecule has 2 aromatic carbocycles. The van der Waals surface area contributed by atoms with Gasteiger partial charge in [-0.3, -0.25) is 4.79 Å². The van der Waals surface area contributed by atoms with E-state index in [9.17, 15) is 14.7 Å². The lowest BCUT2D eigenvalue weighted by atomic mass is 10.1. The van der Waals surface area contributed by atoms with Crippen LogP contribution in [0, 0.1) is 0 Å². The number of hydrogen-bond donors (Lipinski definition) is 1. The van der Waals surface area contributed by atoms with E-state index >= 15 is 0 Å². The van der Waals surface area contributed by atoms with Crippen LogP contribution in [0.15, 0.2) is 60.7 Å². The first-order valence-electron chi connectivity index (χ1n) is 8.40. The highest BCUT2D eigenvalue weighted by molar-refractivity contribution is 8.14. The van der Waals surface area contributed by atoms with Crippen LogP contribution in [-0.2, 0) is 9.47 Å². The summed E-state index contributed by atoms with van der Waals surface area (Å²) in [6, 6.07) is 17.6. The number of ether oxygens (including phenoxy) is 2. The van der Waals surface area contributed by atoms with Crippen LogP contribution in [0.4, 0.5) is 0 Å². The Bertz CT molecular complexity index is 749. The lowest BCUT2D eigenvalue weighted by molar-refractivity contribution is -0.180. The van der Waals surface area contributed by atoms with Gasteiger partial charge in [-0.25, -0.2) is 4.79 Å². The Morgan fingerprint density at radius 3 is 2.23 bits per heavy atom. The van der Waals surface area contributed by atoms with Gasteiger partial charge < -0.3 is 14.6 Å². The SMILES string of the molecule is C[C@H]1O[C@@H](O)C[C@H](OC(=O)c2ccccc2)[C@@H]1SC(=O)c1ccccc1. The zero-order chi connectivity index (χ0) is 18.5. The van der Waals surface area contributed by atoms with Gasteiger partial charge in [0, 0.05) is 12.0 Å². The van der Waals surface area contributed by atoms with Crippen molar-refractivity contribution in [3.63, 3.8) is 0 Å². The van der Waals surface area contributed by atoms with Gasteiger partial charge in [0.25, 0.3) is 0 Å². The second-order valence-corrected chi connectivity index (χ2v) is 7.23. The highest BCUT2D eigenvalue weighted by atomic mass is 32.2. The topological polar surface area (TPSA) is 72.8 Å². The molecule has 1 saturated heterocycles. The standard InChI is InChI=1S/C20H20O5S/c1-13-18(26-20(23)15-10-6-3-7-11-15)16(12-17(21)24-13)25-19(22)14-8-4-2-5-9-14/h2-11,13,16-18,21H,12H2,1H3/t13-,16+,17-,18-/m1/s1. The summed E-state index contributed by atoms with van der Waals surface area (Å²) in [5, 5.41) is 9.37. The van der Waals surface area contributed by atoms with Crippen LogP contribution in [-0.4, -0.2) is 39.9 Å². The largest absolute Gasteiger partial charge is 0.457 e. The smallest absolute Gasteiger partial charge is 0.338 e. The Morgan fingerprint density at radius 2 is 1.62 bits per heavy atom. The van der Waals surface area contributed by atoms with Crippen LogP contribution in [0.5, 0.6) is 0 Å². The summed E-state index contributed by atoms with van der Waals surface area (Å²) in [6.45, 7) is 1.77. The number of carbonyl (C=O) groups is 2. The van der Waals surface area contributed by atoms with Gasteiger partial charge in [0.2, 0.25) is 5.12 Å². The van der Waals surface area contributed by atoms with E-state index in [1.807, 2.05) is 12.1 Å². The van der Waals surface area contributed by atoms with Crippen molar-refractivity contribution in [2.45, 2.75) is 37.1 Å². The Morgan fingerprint density at radius 1 is 1.04 bits per heavy atom. The molecular weight excluding hydrogens is 352 g/mol. The molecule has 1 N–H and O–H groups in total. The molecule has 0 unspecified atom stereocenters. The molecule has 0 spiro atoms. The van der Waals surface area contributed by atoms with E-state index in [0.717, 1.165) is 11.8 Å². The fourth-order valence-electron chi connectivity index (χ4n) is 2.85. The Hall–Kier alpha value is -2.15. The third-order valence-electron chi connectivity index (χ3n) is 4.16. The maximum Gasteiger partial charge on any atom is 0.338 e. The molecule has 1 fully saturated rings. The number of rotatable bonds is 4. The minimum Gasteiger partial charge on any atom is -0.457 e. The van der Waals surface area contributed by atoms with Gasteiger partial charge in [0.15, 0.2) is 6.29 Å². The molecular formula is C20H20O5S. The summed E-state index contributed by atoms with van der Waals surface area (Å²) >= 11 is 1.08. The molecule has 136 valence electrons. The van der Waals surface area contributed by atoms with Crippen molar-refractivity contribution in [2.75, 3.05) is 0 Å². The van der Waals surface area contributed by atoms with E-state index < -0.39 is 29.7 Å². The molecule has 1 heterocycles. The highest BCUT2D eigenvalue weighted by Crippen LogP contribution is 2.33. The summed E-state index contributed by atoms with van der Waals surface area (Å²) < 4.78 is 11.1. The molecule has 0 aliphatic carbocycles. The predicted molar refractivity (Wildman–Crippen MR) is 99.0 cm³/mol. The predicted octanol–water partition coefficient (Wildman–Crippen LogP) is 3.28. The lowest BCUT2D eigenvalue weighted by Gasteiger charge is -2.37. The van der Waals surface area contributed by atoms with Gasteiger partial charge in [-0.15, -0.1) is 0 Å². The molecule has 26 heavy (non-hydrogen) atoms. The number of thioether (sulfide) groups is 1. The quantitative estimate of drug-likeness (QED) is 0.831. The van der Waals surface area contributed by atoms with Gasteiger partial charge in [0.1, 0.15) is 6.10 Å². The third kappa shape index (κ3) is 4.52. The molecule has 4 atom stereocenters. The molecule has 5 nitrogen and oxygen atoms in total. The summed E-state index contributed by atoms with van der Waals surface area (Å²) in [7, 11) is 0. The lowest BCUT2D eigenvalue weighted by Crippen LogP contribution is -2.47. The zero-order valence-electron chi connectivity index (χ0n) is 14.3. The fraction of sp³-hybridized carbons (Fsp3) is 0.300. The van der Waals surface area contributed by atoms with Gasteiger partial charge in [-0.2, -0.15) is 0 Å². The number of hydrogen-bond acceptors (Lipinski definition) is 6. The van der Waals surface area contributed by atoms with E-state index in [0.29, 0.717) is 11.1 Å². The maximum absolute atomic E-state index is 12.5. The molecule has 0 amide bonds. The molecule has 0 saturated carbocycles. The van der Waals surface area contributed by atoms with Crippen molar-refractivity contribution in [1.82, 2.24) is 0 Å². The molecule has 1 aliphatic heterocycles. The summed E-state index contributed by atoms with van der Waals surface area (Å²) in [6.07, 6.45) is -1.96. The van der Waals surface area contributed by atoms with Gasteiger partial charge in [0.05, 0.1) is 16.9 Å². The molecule has 0 bridgehead atoms. The molecule has 1 aliphatic rings. The van der Waals surface area contributed by atoms with Gasteiger partial charge >= 0.3 is 5.97 Å². The minimum absolute atomic E-state index is 0.122. The van der Waals surface area contributed by atoms with Crippen LogP contribution in [0.3, 0.4) is 0 Å². The second kappa shape index (κ2) is 8.49. The number of benzene rings is 2. The van der Waals surface area contributed by atoms with Crippen LogP contribution in [0.25, 0.3) is 0 Å². The van der Waals surface area contributed by atoms with Crippen molar-refractivity contribution >= 4 is 22.8 Å². The molecule has 0 radical (unpaired) electrons. The Kier molecular flexibility index (Phi) is 6.08. The highest BCUT2D eigenvalue weighted by Gasteiger charge is 2.40. The Labute approximate surface area is 156 Å². The van der Waals surface area contributed by atoms with Crippen molar-refractivity contribution in [3.8, 4) is 0 Å². The van der Waals surface area contributed by atoms with E-state index in [1.54, 1.807) is 55.5 Å². The number of aliphatic hydroxyl groups excluding tert-OH is 1. The minimum atomic E-state index is -1.03. The van der Waals surface area contributed by atoms with Crippen LogP contribution >= 0.6 is 11.8 Å². The summed E-state index contributed by atoms with van der Waals surface area (Å²) in [5.41, 5.74) is 1.00. The summed E-state index contributed by atoms with van der Waals surface area (Å²) in [5.74, 6) is -0.477. The van der Waals surface area contributed by atoms with E-state index in [2.05, 4.69) is 0 Å². The molecule has 2 aromatic rings. The van der Waals surface area contributed by atoms with Crippen LogP contribution < -0.4 is 0 Å². The average molecular weight is 372 g/mol. The van der Waals surface area contributed by atoms with E-state index in [1.165, 1.54) is 0 Å². The summed E-state index contributed by atoms with van der Waals surface area (Å²) in [4.78, 5) is 24.9. The van der Waals surface area contributed by atoms with Crippen molar-refractivity contribution < 1.29 is 24.2 Å². The van der Waals surface area contributed by atoms with Gasteiger partial charge in [-0.05, 0) is 19.1 Å². The normalized spacial score (nSPS) is 25.5. The van der Waals surface area contributed by atoms with Crippen LogP contribution in [0.1, 0.15) is 34.1 Å². The number of esters is 1. The monoisotopic (exact) mass is 372 g/mol. The first-order chi connectivity index (χ1) is 12.5. The number of aliphatic hydroxyl groups is 1. The van der Waals surface area contributed by atoms with E-state index in [4.69, 9.17) is 9.47 Å². The first-order valence-corrected chi connectivity index (χ1v) is 9.28. The van der Waals surface area contributed by atoms with Crippen LogP contribution in [0.2, 0.25) is 0 Å². The number of carbonyl (C=O) groups excluding carboxylic acids is 2. The van der Waals surface area contributed by atoms with E-state index in [-0.39, 0.29) is 11.5 Å². The molecule has 6 heteroatoms. The van der Waals surface area contributed by atoms with Crippen molar-refractivity contribution in [1.29, 1.82) is 0 Å². The average Bonchev–Trinajstić information content (AvgIpc) is 2.65. The second-order valence-electron chi connectivity index (χ2n) is 6.08. The fourth-order valence-corrected chi connectivity index (χ4v) is 3.94. The van der Waals surface area contributed by atoms with Crippen molar-refractivity contribution in [3.05, 3.63) is 71.8 Å². The third-order valence-corrected chi connectivity index (χ3v) is 5.56. The first kappa shape index (κ1) is 18.6. The van der Waals surface area contributed by atoms with Crippen molar-refractivity contribution in [2.24, 2.45) is 0 Å². The molecule has 3 rings (SSSR count). The van der Waals surface area contributed by atoms with Gasteiger partial charge in [-0.1, -0.05) is 60.3 Å². The zero-order valence-corrected chi connectivity index (χ0v) is 15.1. The molecule has 0 aromatic heterocycles. The Balaban J connectivity index is 1.74.